The molecule has 2 aromatic rings. The Balaban J connectivity index is 2.12. The van der Waals surface area contributed by atoms with Crippen molar-refractivity contribution in [1.82, 2.24) is 0 Å². The zero-order chi connectivity index (χ0) is 13.7. The number of thiophene rings is 1. The van der Waals surface area contributed by atoms with Crippen molar-refractivity contribution in [2.45, 2.75) is 19.4 Å². The highest BCUT2D eigenvalue weighted by atomic mass is 32.1. The lowest BCUT2D eigenvalue weighted by Gasteiger charge is -2.05. The van der Waals surface area contributed by atoms with Gasteiger partial charge < -0.3 is 5.11 Å². The van der Waals surface area contributed by atoms with Gasteiger partial charge >= 0.3 is 0 Å². The Morgan fingerprint density at radius 1 is 0.947 bits per heavy atom. The highest BCUT2D eigenvalue weighted by Gasteiger charge is 2.05. The van der Waals surface area contributed by atoms with Gasteiger partial charge in [-0.1, -0.05) is 29.7 Å². The van der Waals surface area contributed by atoms with Crippen molar-refractivity contribution in [3.63, 3.8) is 0 Å². The maximum atomic E-state index is 9.53. The van der Waals surface area contributed by atoms with Crippen molar-refractivity contribution in [2.24, 2.45) is 0 Å². The molecule has 0 spiro atoms. The minimum absolute atomic E-state index is 0.879. The molecule has 0 saturated carbocycles. The van der Waals surface area contributed by atoms with E-state index >= 15 is 0 Å². The van der Waals surface area contributed by atoms with E-state index in [1.165, 1.54) is 0 Å². The lowest BCUT2D eigenvalue weighted by atomic mass is 10.1. The first kappa shape index (κ1) is 13.4. The fourth-order valence-corrected chi connectivity index (χ4v) is 1.92. The Morgan fingerprint density at radius 2 is 1.58 bits per heavy atom. The Bertz CT molecular complexity index is 651. The molecule has 1 aromatic heterocycles. The van der Waals surface area contributed by atoms with Crippen molar-refractivity contribution < 1.29 is 5.11 Å². The Morgan fingerprint density at radius 3 is 2.11 bits per heavy atom. The van der Waals surface area contributed by atoms with Gasteiger partial charge in [0.1, 0.15) is 5.60 Å². The fourth-order valence-electron chi connectivity index (χ4n) is 1.35. The number of hydrogen-bond donors (Lipinski definition) is 1. The van der Waals surface area contributed by atoms with Crippen LogP contribution >= 0.6 is 11.3 Å². The molecule has 0 saturated heterocycles. The molecule has 94 valence electrons. The number of rotatable bonds is 0. The van der Waals surface area contributed by atoms with Gasteiger partial charge in [-0.05, 0) is 49.6 Å². The van der Waals surface area contributed by atoms with Crippen molar-refractivity contribution in [1.29, 1.82) is 0 Å². The molecule has 2 rings (SSSR count). The van der Waals surface area contributed by atoms with E-state index in [-0.39, 0.29) is 0 Å². The predicted molar refractivity (Wildman–Crippen MR) is 79.9 cm³/mol. The van der Waals surface area contributed by atoms with Gasteiger partial charge in [0.25, 0.3) is 0 Å². The average Bonchev–Trinajstić information content (AvgIpc) is 2.87. The minimum atomic E-state index is -0.961. The Hall–Kier alpha value is -2.00. The topological polar surface area (TPSA) is 20.2 Å². The van der Waals surface area contributed by atoms with Gasteiger partial charge in [-0.2, -0.15) is 0 Å². The first-order valence-electron chi connectivity index (χ1n) is 5.94. The molecule has 0 aliphatic rings. The number of hydrogen-bond acceptors (Lipinski definition) is 2. The molecule has 19 heavy (non-hydrogen) atoms. The summed E-state index contributed by atoms with van der Waals surface area (Å²) in [4.78, 5) is 1.06. The van der Waals surface area contributed by atoms with Crippen LogP contribution in [0.25, 0.3) is 0 Å². The van der Waals surface area contributed by atoms with Gasteiger partial charge in [-0.15, -0.1) is 11.3 Å². The molecular weight excluding hydrogens is 252 g/mol. The van der Waals surface area contributed by atoms with E-state index < -0.39 is 5.60 Å². The van der Waals surface area contributed by atoms with Crippen LogP contribution in [0.1, 0.15) is 29.9 Å². The number of aliphatic hydroxyl groups is 1. The molecule has 0 fully saturated rings. The smallest absolute Gasteiger partial charge is 0.120 e. The van der Waals surface area contributed by atoms with E-state index in [1.54, 1.807) is 25.2 Å². The summed E-state index contributed by atoms with van der Waals surface area (Å²) in [6.07, 6.45) is 0. The van der Waals surface area contributed by atoms with Crippen LogP contribution in [0, 0.1) is 23.7 Å². The highest BCUT2D eigenvalue weighted by Crippen LogP contribution is 2.07. The summed E-state index contributed by atoms with van der Waals surface area (Å²) in [5.74, 6) is 11.9. The second-order valence-electron chi connectivity index (χ2n) is 4.61. The van der Waals surface area contributed by atoms with E-state index in [1.807, 2.05) is 41.8 Å². The number of benzene rings is 1. The average molecular weight is 266 g/mol. The zero-order valence-corrected chi connectivity index (χ0v) is 11.7. The van der Waals surface area contributed by atoms with E-state index in [0.717, 1.165) is 16.0 Å². The standard InChI is InChI=1S/C17H14OS/c1-17(2,18)12-11-15-7-5-14(6-8-15)9-10-16-4-3-13-19-16/h3-8,13,18H,1-2H3. The molecule has 0 unspecified atom stereocenters. The lowest BCUT2D eigenvalue weighted by Crippen LogP contribution is -2.14. The molecule has 1 heterocycles. The maximum Gasteiger partial charge on any atom is 0.120 e. The molecule has 0 aliphatic heterocycles. The molecule has 0 atom stereocenters. The highest BCUT2D eigenvalue weighted by molar-refractivity contribution is 7.10. The second kappa shape index (κ2) is 5.76. The van der Waals surface area contributed by atoms with E-state index in [0.29, 0.717) is 0 Å². The molecule has 2 heteroatoms. The van der Waals surface area contributed by atoms with Crippen LogP contribution < -0.4 is 0 Å². The van der Waals surface area contributed by atoms with E-state index in [2.05, 4.69) is 23.7 Å². The summed E-state index contributed by atoms with van der Waals surface area (Å²) >= 11 is 1.63. The van der Waals surface area contributed by atoms with Crippen LogP contribution in [-0.4, -0.2) is 10.7 Å². The zero-order valence-electron chi connectivity index (χ0n) is 10.9. The summed E-state index contributed by atoms with van der Waals surface area (Å²) in [6.45, 7) is 3.34. The molecule has 0 amide bonds. The van der Waals surface area contributed by atoms with Crippen LogP contribution in [0.5, 0.6) is 0 Å². The van der Waals surface area contributed by atoms with Crippen LogP contribution in [0.15, 0.2) is 41.8 Å². The SMILES string of the molecule is CC(C)(O)C#Cc1ccc(C#Cc2cccs2)cc1. The van der Waals surface area contributed by atoms with Crippen molar-refractivity contribution >= 4 is 11.3 Å². The van der Waals surface area contributed by atoms with Crippen LogP contribution in [0.3, 0.4) is 0 Å². The van der Waals surface area contributed by atoms with Crippen LogP contribution in [0.2, 0.25) is 0 Å². The van der Waals surface area contributed by atoms with Gasteiger partial charge in [0, 0.05) is 11.1 Å². The van der Waals surface area contributed by atoms with Gasteiger partial charge in [0.2, 0.25) is 0 Å². The third kappa shape index (κ3) is 4.64. The third-order valence-corrected chi connectivity index (χ3v) is 3.03. The minimum Gasteiger partial charge on any atom is -0.378 e. The quantitative estimate of drug-likeness (QED) is 0.726. The predicted octanol–water partition coefficient (Wildman–Crippen LogP) is 3.27. The first-order chi connectivity index (χ1) is 9.03. The summed E-state index contributed by atoms with van der Waals surface area (Å²) in [7, 11) is 0. The summed E-state index contributed by atoms with van der Waals surface area (Å²) in [6, 6.07) is 11.7. The monoisotopic (exact) mass is 266 g/mol. The third-order valence-electron chi connectivity index (χ3n) is 2.25. The van der Waals surface area contributed by atoms with Crippen molar-refractivity contribution in [3.05, 3.63) is 57.8 Å². The molecule has 1 aromatic carbocycles. The van der Waals surface area contributed by atoms with Crippen LogP contribution in [-0.2, 0) is 0 Å². The summed E-state index contributed by atoms with van der Waals surface area (Å²) in [5, 5.41) is 11.5. The fraction of sp³-hybridized carbons (Fsp3) is 0.176. The van der Waals surface area contributed by atoms with E-state index in [9.17, 15) is 5.11 Å². The van der Waals surface area contributed by atoms with Gasteiger partial charge in [0.05, 0.1) is 4.88 Å². The summed E-state index contributed by atoms with van der Waals surface area (Å²) in [5.41, 5.74) is 0.878. The van der Waals surface area contributed by atoms with Crippen molar-refractivity contribution in [2.75, 3.05) is 0 Å². The first-order valence-corrected chi connectivity index (χ1v) is 6.82. The van der Waals surface area contributed by atoms with Crippen LogP contribution in [0.4, 0.5) is 0 Å². The molecule has 1 nitrogen and oxygen atoms in total. The van der Waals surface area contributed by atoms with E-state index in [4.69, 9.17) is 0 Å². The summed E-state index contributed by atoms with van der Waals surface area (Å²) < 4.78 is 0. The lowest BCUT2D eigenvalue weighted by molar-refractivity contribution is 0.143. The normalized spacial score (nSPS) is 10.1. The van der Waals surface area contributed by atoms with Gasteiger partial charge in [-0.3, -0.25) is 0 Å². The molecule has 0 aliphatic carbocycles. The molecule has 1 N–H and O–H groups in total. The largest absolute Gasteiger partial charge is 0.378 e. The second-order valence-corrected chi connectivity index (χ2v) is 5.56. The maximum absolute atomic E-state index is 9.53. The van der Waals surface area contributed by atoms with Crippen molar-refractivity contribution in [3.8, 4) is 23.7 Å². The molecule has 0 bridgehead atoms. The Kier molecular flexibility index (Phi) is 4.07. The van der Waals surface area contributed by atoms with Gasteiger partial charge in [0.15, 0.2) is 0 Å². The Labute approximate surface area is 117 Å². The molecular formula is C17H14OS. The van der Waals surface area contributed by atoms with Gasteiger partial charge in [-0.25, -0.2) is 0 Å². The molecule has 0 radical (unpaired) electrons.